The van der Waals surface area contributed by atoms with E-state index in [0.29, 0.717) is 0 Å². The number of ether oxygens (including phenoxy) is 15. The summed E-state index contributed by atoms with van der Waals surface area (Å²) in [7, 11) is 0. The maximum absolute atomic E-state index is 13.7. The second kappa shape index (κ2) is 41.2. The average molecular weight is 1470 g/mol. The van der Waals surface area contributed by atoms with Crippen molar-refractivity contribution in [2.45, 2.75) is 164 Å². The van der Waals surface area contributed by atoms with Crippen molar-refractivity contribution in [3.63, 3.8) is 0 Å². The number of benzene rings is 9. The minimum absolute atomic E-state index is 0.00230. The van der Waals surface area contributed by atoms with Crippen molar-refractivity contribution in [1.82, 2.24) is 5.32 Å². The zero-order valence-corrected chi connectivity index (χ0v) is 59.4. The lowest BCUT2D eigenvalue weighted by Crippen LogP contribution is -2.68. The van der Waals surface area contributed by atoms with Crippen molar-refractivity contribution in [2.75, 3.05) is 33.0 Å². The van der Waals surface area contributed by atoms with E-state index in [9.17, 15) is 23.1 Å². The van der Waals surface area contributed by atoms with Crippen molar-refractivity contribution in [1.29, 1.82) is 0 Å². The third-order valence-corrected chi connectivity index (χ3v) is 18.4. The molecule has 3 aliphatic rings. The quantitative estimate of drug-likeness (QED) is 0.0346. The fourth-order valence-corrected chi connectivity index (χ4v) is 13.0. The third kappa shape index (κ3) is 23.8. The fraction of sp³-hybridized carbons (Fsp3) is 0.360. The number of hydrogen-bond donors (Lipinski definition) is 2. The maximum Gasteiger partial charge on any atom is 0.471 e. The van der Waals surface area contributed by atoms with E-state index in [1.807, 2.05) is 278 Å². The van der Waals surface area contributed by atoms with Crippen molar-refractivity contribution >= 4 is 5.91 Å². The van der Waals surface area contributed by atoms with Crippen LogP contribution in [0.2, 0.25) is 0 Å². The van der Waals surface area contributed by atoms with Crippen LogP contribution in [0.1, 0.15) is 56.5 Å². The SMILES string of the molecule is O=C(NCCCO[C@H]1O[C@H](COCc2ccccc2)[C@@H](OCc2ccccc2)[C@H](OCc2ccccc2)[C@@H]1O[C@H]1O[C@H](COCc2ccccc2)[C@@H](OCc2ccccc2)[C@H](OCc2ccccc2)[C@@H]1O[C@H]1O[C@H](COCc2ccccc2)[C@@H](OCc2ccccc2)[C@H](OCc2ccccc2)[C@@H]1O)C(F)(F)F. The number of nitrogens with one attached hydrogen (secondary N) is 1. The molecule has 15 atom stereocenters. The maximum atomic E-state index is 13.7. The molecule has 0 unspecified atom stereocenters. The topological polar surface area (TPSA) is 188 Å². The van der Waals surface area contributed by atoms with E-state index in [2.05, 4.69) is 0 Å². The first-order valence-corrected chi connectivity index (χ1v) is 36.2. The van der Waals surface area contributed by atoms with Gasteiger partial charge in [-0.15, -0.1) is 0 Å². The van der Waals surface area contributed by atoms with Crippen LogP contribution in [0, 0.1) is 0 Å². The number of aliphatic hydroxyl groups is 1. The molecule has 9 aromatic rings. The van der Waals surface area contributed by atoms with Gasteiger partial charge < -0.3 is 81.5 Å². The lowest BCUT2D eigenvalue weighted by atomic mass is 9.95. The first kappa shape index (κ1) is 78.2. The summed E-state index contributed by atoms with van der Waals surface area (Å²) in [5.74, 6) is -2.10. The summed E-state index contributed by atoms with van der Waals surface area (Å²) in [6.07, 6.45) is -24.1. The number of alkyl halides is 3. The molecule has 0 radical (unpaired) electrons. The van der Waals surface area contributed by atoms with Crippen LogP contribution in [-0.4, -0.2) is 142 Å². The molecule has 564 valence electrons. The molecule has 3 aliphatic heterocycles. The number of hydrogen-bond acceptors (Lipinski definition) is 17. The molecule has 12 rings (SSSR count). The number of aliphatic hydroxyl groups excluding tert-OH is 1. The highest BCUT2D eigenvalue weighted by atomic mass is 19.4. The lowest BCUT2D eigenvalue weighted by Gasteiger charge is -2.51. The van der Waals surface area contributed by atoms with Gasteiger partial charge in [0.15, 0.2) is 18.9 Å². The van der Waals surface area contributed by atoms with Crippen LogP contribution in [0.15, 0.2) is 273 Å². The molecule has 2 N–H and O–H groups in total. The summed E-state index contributed by atoms with van der Waals surface area (Å²) in [6, 6.07) is 86.6. The number of halogens is 3. The Morgan fingerprint density at radius 3 is 0.888 bits per heavy atom. The van der Waals surface area contributed by atoms with E-state index in [4.69, 9.17) is 71.1 Å². The normalized spacial score (nSPS) is 24.5. The Balaban J connectivity index is 0.984. The largest absolute Gasteiger partial charge is 0.471 e. The smallest absolute Gasteiger partial charge is 0.385 e. The van der Waals surface area contributed by atoms with Crippen molar-refractivity contribution < 1.29 is 94.1 Å². The van der Waals surface area contributed by atoms with Crippen LogP contribution in [0.25, 0.3) is 0 Å². The molecule has 3 fully saturated rings. The van der Waals surface area contributed by atoms with E-state index in [0.717, 1.165) is 50.1 Å². The van der Waals surface area contributed by atoms with Crippen molar-refractivity contribution in [3.05, 3.63) is 323 Å². The molecule has 0 bridgehead atoms. The Bertz CT molecular complexity index is 3930. The minimum Gasteiger partial charge on any atom is -0.385 e. The minimum atomic E-state index is -5.13. The second-order valence-corrected chi connectivity index (χ2v) is 26.4. The molecule has 21 heteroatoms. The van der Waals surface area contributed by atoms with Crippen molar-refractivity contribution in [3.8, 4) is 0 Å². The molecule has 107 heavy (non-hydrogen) atoms. The monoisotopic (exact) mass is 1470 g/mol. The summed E-state index contributed by atoms with van der Waals surface area (Å²) < 4.78 is 147. The third-order valence-electron chi connectivity index (χ3n) is 18.4. The van der Waals surface area contributed by atoms with Gasteiger partial charge in [-0.3, -0.25) is 4.79 Å². The Hall–Kier alpha value is -8.40. The molecule has 3 saturated heterocycles. The average Bonchev–Trinajstić information content (AvgIpc) is 0.759. The van der Waals surface area contributed by atoms with Crippen LogP contribution in [0.3, 0.4) is 0 Å². The van der Waals surface area contributed by atoms with Gasteiger partial charge in [-0.2, -0.15) is 13.2 Å². The van der Waals surface area contributed by atoms with Crippen LogP contribution < -0.4 is 5.32 Å². The second-order valence-electron chi connectivity index (χ2n) is 26.4. The van der Waals surface area contributed by atoms with E-state index in [1.54, 1.807) is 0 Å². The molecule has 9 aromatic carbocycles. The Kier molecular flexibility index (Phi) is 30.1. The molecular formula is C86H92F3NO17. The van der Waals surface area contributed by atoms with Gasteiger partial charge in [0.1, 0.15) is 73.2 Å². The van der Waals surface area contributed by atoms with Gasteiger partial charge in [-0.25, -0.2) is 0 Å². The highest BCUT2D eigenvalue weighted by Crippen LogP contribution is 2.40. The van der Waals surface area contributed by atoms with Crippen LogP contribution in [-0.2, 0) is 135 Å². The zero-order valence-electron chi connectivity index (χ0n) is 59.4. The number of rotatable bonds is 39. The standard InChI is InChI=1S/C86H92F3NO17/c87-86(88,89)85(92)90-47-28-48-96-83-80(78(101-56-68-43-24-8-25-44-68)75(98-53-65-37-18-5-19-38-65)71(104-83)59-94-50-62-31-12-2-13-32-62)107-84-81(79(102-57-69-45-26-9-27-46-69)76(99-54-66-39-20-6-21-40-66)72(105-84)60-95-51-63-33-14-3-15-34-63)106-82-73(91)77(100-55-67-41-22-7-23-42-67)74(97-52-64-35-16-4-17-36-64)70(103-82)58-93-49-61-29-10-1-11-30-61/h1-27,29-46,70-84,91H,28,47-60H2,(H,90,92)/t70-,71-,72-,73+,74-,75-,76-,77-,78+,79+,80+,81+,82-,83+,84-/m1/s1. The first-order chi connectivity index (χ1) is 52.5. The van der Waals surface area contributed by atoms with Crippen LogP contribution >= 0.6 is 0 Å². The first-order valence-electron chi connectivity index (χ1n) is 36.2. The van der Waals surface area contributed by atoms with E-state index in [-0.39, 0.29) is 92.3 Å². The summed E-state index contributed by atoms with van der Waals surface area (Å²) in [5, 5.41) is 15.4. The predicted octanol–water partition coefficient (Wildman–Crippen LogP) is 13.5. The van der Waals surface area contributed by atoms with Crippen LogP contribution in [0.5, 0.6) is 0 Å². The van der Waals surface area contributed by atoms with Gasteiger partial charge in [-0.05, 0) is 56.5 Å². The van der Waals surface area contributed by atoms with Gasteiger partial charge in [0.25, 0.3) is 0 Å². The molecule has 3 heterocycles. The molecule has 0 spiro atoms. The molecule has 1 amide bonds. The lowest BCUT2D eigenvalue weighted by molar-refractivity contribution is -0.404. The van der Waals surface area contributed by atoms with Crippen molar-refractivity contribution in [2.24, 2.45) is 0 Å². The Labute approximate surface area is 622 Å². The van der Waals surface area contributed by atoms with Gasteiger partial charge in [0.05, 0.1) is 85.9 Å². The van der Waals surface area contributed by atoms with Gasteiger partial charge in [-0.1, -0.05) is 273 Å². The predicted molar refractivity (Wildman–Crippen MR) is 390 cm³/mol. The molecular weight excluding hydrogens is 1380 g/mol. The summed E-state index contributed by atoms with van der Waals surface area (Å²) in [6.45, 7) is -0.104. The summed E-state index contributed by atoms with van der Waals surface area (Å²) in [5.41, 5.74) is 7.59. The molecule has 18 nitrogen and oxygen atoms in total. The molecule has 0 saturated carbocycles. The van der Waals surface area contributed by atoms with Gasteiger partial charge in [0, 0.05) is 6.54 Å². The molecule has 0 aliphatic carbocycles. The van der Waals surface area contributed by atoms with Gasteiger partial charge >= 0.3 is 12.1 Å². The molecule has 0 aromatic heterocycles. The zero-order chi connectivity index (χ0) is 73.7. The van der Waals surface area contributed by atoms with Crippen LogP contribution in [0.4, 0.5) is 13.2 Å². The Morgan fingerprint density at radius 1 is 0.318 bits per heavy atom. The van der Waals surface area contributed by atoms with E-state index in [1.165, 1.54) is 0 Å². The Morgan fingerprint density at radius 2 is 0.570 bits per heavy atom. The number of carbonyl (C=O) groups is 1. The van der Waals surface area contributed by atoms with Gasteiger partial charge in [0.2, 0.25) is 0 Å². The van der Waals surface area contributed by atoms with E-state index >= 15 is 0 Å². The summed E-state index contributed by atoms with van der Waals surface area (Å²) >= 11 is 0. The highest BCUT2D eigenvalue weighted by molar-refractivity contribution is 5.81. The highest BCUT2D eigenvalue weighted by Gasteiger charge is 2.57. The number of carbonyl (C=O) groups excluding carboxylic acids is 1. The number of amides is 1. The summed E-state index contributed by atoms with van der Waals surface area (Å²) in [4.78, 5) is 12.2. The fourth-order valence-electron chi connectivity index (χ4n) is 13.0. The van der Waals surface area contributed by atoms with E-state index < -0.39 is 111 Å².